The zero-order chi connectivity index (χ0) is 14.3. The van der Waals surface area contributed by atoms with Gasteiger partial charge < -0.3 is 20.3 Å². The Morgan fingerprint density at radius 2 is 2.10 bits per heavy atom. The third-order valence-electron chi connectivity index (χ3n) is 3.34. The summed E-state index contributed by atoms with van der Waals surface area (Å²) in [5.74, 6) is 0.988. The molecule has 0 fully saturated rings. The van der Waals surface area contributed by atoms with Crippen molar-refractivity contribution >= 4 is 11.8 Å². The van der Waals surface area contributed by atoms with Crippen molar-refractivity contribution in [2.45, 2.75) is 6.42 Å². The van der Waals surface area contributed by atoms with E-state index >= 15 is 0 Å². The zero-order valence-electron chi connectivity index (χ0n) is 11.3. The first-order chi connectivity index (χ1) is 9.56. The van der Waals surface area contributed by atoms with E-state index in [-0.39, 0.29) is 11.8 Å². The normalized spacial score (nSPS) is 16.4. The fraction of sp³-hybridized carbons (Fsp3) is 0.286. The lowest BCUT2D eigenvalue weighted by atomic mass is 9.98. The highest BCUT2D eigenvalue weighted by atomic mass is 16.5. The molecule has 6 heteroatoms. The number of ether oxygens (including phenoxy) is 1. The van der Waals surface area contributed by atoms with Crippen LogP contribution in [0.3, 0.4) is 0 Å². The molecule has 2 aliphatic rings. The van der Waals surface area contributed by atoms with Crippen LogP contribution in [0.2, 0.25) is 0 Å². The number of carbonyl (C=O) groups is 2. The van der Waals surface area contributed by atoms with Crippen molar-refractivity contribution in [3.05, 3.63) is 40.8 Å². The summed E-state index contributed by atoms with van der Waals surface area (Å²) in [6.07, 6.45) is 0.456. The molecular weight excluding hydrogens is 258 g/mol. The number of fused-ring (bicyclic) bond motifs is 1. The summed E-state index contributed by atoms with van der Waals surface area (Å²) in [7, 11) is 3.41. The SMILES string of the molecule is CN(C)C(=O)c1ccc2c(c1)CC1=C(NCNC1=O)O2. The van der Waals surface area contributed by atoms with E-state index in [0.29, 0.717) is 35.9 Å². The fourth-order valence-corrected chi connectivity index (χ4v) is 2.29. The maximum Gasteiger partial charge on any atom is 0.254 e. The molecule has 20 heavy (non-hydrogen) atoms. The van der Waals surface area contributed by atoms with Crippen molar-refractivity contribution in [2.75, 3.05) is 20.8 Å². The van der Waals surface area contributed by atoms with Crippen LogP contribution in [0.1, 0.15) is 15.9 Å². The second-order valence-corrected chi connectivity index (χ2v) is 4.97. The number of amides is 2. The largest absolute Gasteiger partial charge is 0.441 e. The van der Waals surface area contributed by atoms with E-state index in [0.717, 1.165) is 5.56 Å². The fourth-order valence-electron chi connectivity index (χ4n) is 2.29. The molecule has 0 atom stereocenters. The second kappa shape index (κ2) is 4.56. The second-order valence-electron chi connectivity index (χ2n) is 4.97. The van der Waals surface area contributed by atoms with Crippen molar-refractivity contribution in [2.24, 2.45) is 0 Å². The molecule has 0 radical (unpaired) electrons. The van der Waals surface area contributed by atoms with Crippen molar-refractivity contribution < 1.29 is 14.3 Å². The van der Waals surface area contributed by atoms with Gasteiger partial charge in [0.15, 0.2) is 0 Å². The van der Waals surface area contributed by atoms with Gasteiger partial charge in [-0.3, -0.25) is 9.59 Å². The molecule has 3 rings (SSSR count). The standard InChI is InChI=1S/C14H15N3O3/c1-17(2)14(19)8-3-4-11-9(5-8)6-10-12(18)15-7-16-13(10)20-11/h3-5,16H,6-7H2,1-2H3,(H,15,18). The number of carbonyl (C=O) groups excluding carboxylic acids is 2. The van der Waals surface area contributed by atoms with Gasteiger partial charge in [-0.2, -0.15) is 0 Å². The van der Waals surface area contributed by atoms with E-state index in [1.807, 2.05) is 0 Å². The summed E-state index contributed by atoms with van der Waals surface area (Å²) in [5.41, 5.74) is 2.00. The van der Waals surface area contributed by atoms with Crippen LogP contribution in [0.5, 0.6) is 5.75 Å². The minimum absolute atomic E-state index is 0.0706. The first-order valence-electron chi connectivity index (χ1n) is 6.34. The molecule has 0 unspecified atom stereocenters. The molecular formula is C14H15N3O3. The van der Waals surface area contributed by atoms with Crippen LogP contribution >= 0.6 is 0 Å². The molecule has 1 aromatic carbocycles. The topological polar surface area (TPSA) is 70.7 Å². The lowest BCUT2D eigenvalue weighted by molar-refractivity contribution is -0.118. The Kier molecular flexibility index (Phi) is 2.85. The highest BCUT2D eigenvalue weighted by molar-refractivity contribution is 5.96. The number of hydrogen-bond donors (Lipinski definition) is 2. The van der Waals surface area contributed by atoms with Gasteiger partial charge in [0.2, 0.25) is 5.88 Å². The van der Waals surface area contributed by atoms with E-state index in [4.69, 9.17) is 4.74 Å². The van der Waals surface area contributed by atoms with Gasteiger partial charge in [0.05, 0.1) is 12.2 Å². The Labute approximate surface area is 116 Å². The molecule has 0 saturated carbocycles. The summed E-state index contributed by atoms with van der Waals surface area (Å²) < 4.78 is 5.68. The van der Waals surface area contributed by atoms with Crippen LogP contribution in [-0.4, -0.2) is 37.5 Å². The van der Waals surface area contributed by atoms with Gasteiger partial charge in [0, 0.05) is 31.6 Å². The molecule has 0 aliphatic carbocycles. The van der Waals surface area contributed by atoms with E-state index in [1.165, 1.54) is 4.90 Å². The third-order valence-corrected chi connectivity index (χ3v) is 3.34. The van der Waals surface area contributed by atoms with E-state index in [2.05, 4.69) is 10.6 Å². The van der Waals surface area contributed by atoms with Crippen molar-refractivity contribution in [1.29, 1.82) is 0 Å². The zero-order valence-corrected chi connectivity index (χ0v) is 11.3. The Bertz CT molecular complexity index is 635. The van der Waals surface area contributed by atoms with E-state index in [1.54, 1.807) is 32.3 Å². The molecule has 0 saturated heterocycles. The van der Waals surface area contributed by atoms with Gasteiger partial charge >= 0.3 is 0 Å². The van der Waals surface area contributed by atoms with Crippen LogP contribution in [-0.2, 0) is 11.2 Å². The first kappa shape index (κ1) is 12.5. The van der Waals surface area contributed by atoms with Gasteiger partial charge in [-0.05, 0) is 18.2 Å². The molecule has 0 aromatic heterocycles. The number of nitrogens with one attached hydrogen (secondary N) is 2. The number of benzene rings is 1. The Morgan fingerprint density at radius 1 is 1.30 bits per heavy atom. The monoisotopic (exact) mass is 273 g/mol. The first-order valence-corrected chi connectivity index (χ1v) is 6.34. The summed E-state index contributed by atoms with van der Waals surface area (Å²) in [4.78, 5) is 25.3. The summed E-state index contributed by atoms with van der Waals surface area (Å²) in [5, 5.41) is 5.70. The molecule has 104 valence electrons. The van der Waals surface area contributed by atoms with Crippen molar-refractivity contribution in [3.8, 4) is 5.75 Å². The Morgan fingerprint density at radius 3 is 2.85 bits per heavy atom. The Hall–Kier alpha value is -2.50. The molecule has 0 spiro atoms. The lowest BCUT2D eigenvalue weighted by Gasteiger charge is -2.27. The van der Waals surface area contributed by atoms with Crippen LogP contribution in [0, 0.1) is 0 Å². The quantitative estimate of drug-likeness (QED) is 0.767. The third kappa shape index (κ3) is 1.99. The molecule has 6 nitrogen and oxygen atoms in total. The van der Waals surface area contributed by atoms with Crippen LogP contribution in [0.15, 0.2) is 29.7 Å². The van der Waals surface area contributed by atoms with Gasteiger partial charge in [-0.25, -0.2) is 0 Å². The van der Waals surface area contributed by atoms with Gasteiger partial charge in [0.1, 0.15) is 5.75 Å². The maximum atomic E-state index is 12.0. The van der Waals surface area contributed by atoms with Gasteiger partial charge in [-0.15, -0.1) is 0 Å². The molecule has 2 N–H and O–H groups in total. The number of rotatable bonds is 1. The summed E-state index contributed by atoms with van der Waals surface area (Å²) >= 11 is 0. The van der Waals surface area contributed by atoms with E-state index < -0.39 is 0 Å². The van der Waals surface area contributed by atoms with Crippen LogP contribution in [0.4, 0.5) is 0 Å². The Balaban J connectivity index is 1.95. The van der Waals surface area contributed by atoms with Gasteiger partial charge in [-0.1, -0.05) is 0 Å². The lowest BCUT2D eigenvalue weighted by Crippen LogP contribution is -2.44. The highest BCUT2D eigenvalue weighted by Crippen LogP contribution is 2.31. The van der Waals surface area contributed by atoms with Crippen molar-refractivity contribution in [3.63, 3.8) is 0 Å². The van der Waals surface area contributed by atoms with E-state index in [9.17, 15) is 9.59 Å². The maximum absolute atomic E-state index is 12.0. The average molecular weight is 273 g/mol. The van der Waals surface area contributed by atoms with Gasteiger partial charge in [0.25, 0.3) is 11.8 Å². The molecule has 2 heterocycles. The molecule has 2 amide bonds. The minimum Gasteiger partial charge on any atom is -0.441 e. The molecule has 0 bridgehead atoms. The number of nitrogens with zero attached hydrogens (tertiary/aromatic N) is 1. The molecule has 1 aromatic rings. The molecule has 2 aliphatic heterocycles. The highest BCUT2D eigenvalue weighted by Gasteiger charge is 2.28. The predicted octanol–water partition coefficient (Wildman–Crippen LogP) is 0.212. The summed E-state index contributed by atoms with van der Waals surface area (Å²) in [6, 6.07) is 5.28. The van der Waals surface area contributed by atoms with Crippen LogP contribution in [0.25, 0.3) is 0 Å². The smallest absolute Gasteiger partial charge is 0.254 e. The predicted molar refractivity (Wildman–Crippen MR) is 72.0 cm³/mol. The average Bonchev–Trinajstić information content (AvgIpc) is 2.44. The number of hydrogen-bond acceptors (Lipinski definition) is 4. The minimum atomic E-state index is -0.131. The van der Waals surface area contributed by atoms with Crippen molar-refractivity contribution in [1.82, 2.24) is 15.5 Å². The summed E-state index contributed by atoms with van der Waals surface area (Å²) in [6.45, 7) is 0.365. The van der Waals surface area contributed by atoms with Crippen LogP contribution < -0.4 is 15.4 Å².